The van der Waals surface area contributed by atoms with Gasteiger partial charge in [0.25, 0.3) is 5.91 Å². The predicted octanol–water partition coefficient (Wildman–Crippen LogP) is 4.97. The van der Waals surface area contributed by atoms with E-state index in [2.05, 4.69) is 36.2 Å². The summed E-state index contributed by atoms with van der Waals surface area (Å²) in [6.45, 7) is 10.6. The first-order valence-corrected chi connectivity index (χ1v) is 13.8. The van der Waals surface area contributed by atoms with Crippen LogP contribution in [0.1, 0.15) is 36.9 Å². The van der Waals surface area contributed by atoms with Gasteiger partial charge in [0.1, 0.15) is 23.8 Å². The molecule has 0 unspecified atom stereocenters. The zero-order valence-corrected chi connectivity index (χ0v) is 23.9. The highest BCUT2D eigenvalue weighted by atomic mass is 16.5. The fraction of sp³-hybridized carbons (Fsp3) is 0.333. The van der Waals surface area contributed by atoms with Crippen molar-refractivity contribution >= 4 is 29.3 Å². The molecule has 4 N–H and O–H groups in total. The molecule has 0 atom stereocenters. The Hall–Kier alpha value is -4.68. The van der Waals surface area contributed by atoms with Crippen LogP contribution >= 0.6 is 0 Å². The summed E-state index contributed by atoms with van der Waals surface area (Å²) in [6.07, 6.45) is 0. The van der Waals surface area contributed by atoms with E-state index in [1.54, 1.807) is 30.3 Å². The van der Waals surface area contributed by atoms with Crippen molar-refractivity contribution in [2.45, 2.75) is 26.2 Å². The van der Waals surface area contributed by atoms with Gasteiger partial charge >= 0.3 is 6.03 Å². The fourth-order valence-electron chi connectivity index (χ4n) is 4.32. The number of amides is 3. The van der Waals surface area contributed by atoms with E-state index < -0.39 is 11.9 Å². The Morgan fingerprint density at radius 3 is 2.43 bits per heavy atom. The summed E-state index contributed by atoms with van der Waals surface area (Å²) in [7, 11) is 0. The standard InChI is InChI=1S/C30H35N7O5/c1-30(2,3)23-19-24(36-42-23)31-29(39)32-26-25(20-7-5-4-6-8-20)34-35-27(26)33-28(38)21-9-11-22(12-10-21)41-18-15-37-13-16-40-17-14-37/h4-12,19H,13-18H2,1-3H3,(H2,31,32,36,39)(H2,33,34,35,38). The van der Waals surface area contributed by atoms with E-state index in [9.17, 15) is 9.59 Å². The number of urea groups is 1. The number of ether oxygens (including phenoxy) is 2. The molecule has 2 aromatic carbocycles. The third-order valence-electron chi connectivity index (χ3n) is 6.69. The molecular formula is C30H35N7O5. The third kappa shape index (κ3) is 7.33. The van der Waals surface area contributed by atoms with Crippen molar-refractivity contribution in [2.75, 3.05) is 55.4 Å². The second-order valence-corrected chi connectivity index (χ2v) is 10.9. The van der Waals surface area contributed by atoms with Crippen molar-refractivity contribution in [3.63, 3.8) is 0 Å². The van der Waals surface area contributed by atoms with Crippen LogP contribution in [0.3, 0.4) is 0 Å². The van der Waals surface area contributed by atoms with Crippen LogP contribution < -0.4 is 20.7 Å². The van der Waals surface area contributed by atoms with E-state index in [4.69, 9.17) is 14.0 Å². The molecule has 0 radical (unpaired) electrons. The van der Waals surface area contributed by atoms with Crippen LogP contribution in [0.15, 0.2) is 65.2 Å². The Kier molecular flexibility index (Phi) is 8.84. The van der Waals surface area contributed by atoms with Crippen molar-refractivity contribution in [1.29, 1.82) is 0 Å². The van der Waals surface area contributed by atoms with Gasteiger partial charge in [0.15, 0.2) is 11.6 Å². The predicted molar refractivity (Wildman–Crippen MR) is 159 cm³/mol. The number of nitrogens with zero attached hydrogens (tertiary/aromatic N) is 3. The molecule has 12 heteroatoms. The van der Waals surface area contributed by atoms with Crippen LogP contribution in [0.25, 0.3) is 11.3 Å². The number of morpholine rings is 1. The summed E-state index contributed by atoms with van der Waals surface area (Å²) in [5, 5.41) is 19.4. The van der Waals surface area contributed by atoms with Gasteiger partial charge in [-0.05, 0) is 24.3 Å². The normalized spacial score (nSPS) is 13.9. The van der Waals surface area contributed by atoms with Gasteiger partial charge in [-0.1, -0.05) is 56.3 Å². The molecule has 1 saturated heterocycles. The first-order chi connectivity index (χ1) is 20.3. The van der Waals surface area contributed by atoms with Crippen LogP contribution in [0.2, 0.25) is 0 Å². The topological polar surface area (TPSA) is 147 Å². The van der Waals surface area contributed by atoms with Gasteiger partial charge in [-0.15, -0.1) is 0 Å². The first kappa shape index (κ1) is 28.8. The summed E-state index contributed by atoms with van der Waals surface area (Å²) in [4.78, 5) is 28.4. The maximum absolute atomic E-state index is 13.1. The molecule has 12 nitrogen and oxygen atoms in total. The van der Waals surface area contributed by atoms with Gasteiger partial charge in [-0.3, -0.25) is 20.1 Å². The minimum absolute atomic E-state index is 0.162. The molecule has 5 rings (SSSR count). The monoisotopic (exact) mass is 573 g/mol. The van der Waals surface area contributed by atoms with Gasteiger partial charge in [-0.2, -0.15) is 5.10 Å². The molecule has 1 fully saturated rings. The number of benzene rings is 2. The highest BCUT2D eigenvalue weighted by Crippen LogP contribution is 2.33. The van der Waals surface area contributed by atoms with Gasteiger partial charge < -0.3 is 24.6 Å². The Labute approximate surface area is 243 Å². The molecule has 0 aliphatic carbocycles. The van der Waals surface area contributed by atoms with Crippen molar-refractivity contribution < 1.29 is 23.6 Å². The summed E-state index contributed by atoms with van der Waals surface area (Å²) in [6, 6.07) is 17.3. The van der Waals surface area contributed by atoms with Crippen LogP contribution in [0.4, 0.5) is 22.1 Å². The van der Waals surface area contributed by atoms with Crippen molar-refractivity contribution in [3.8, 4) is 17.0 Å². The summed E-state index contributed by atoms with van der Waals surface area (Å²) in [5.41, 5.74) is 1.75. The third-order valence-corrected chi connectivity index (χ3v) is 6.69. The number of aromatic nitrogens is 3. The minimum atomic E-state index is -0.573. The van der Waals surface area contributed by atoms with Crippen LogP contribution in [0, 0.1) is 0 Å². The second kappa shape index (κ2) is 12.9. The Balaban J connectivity index is 1.26. The average Bonchev–Trinajstić information content (AvgIpc) is 3.62. The van der Waals surface area contributed by atoms with Crippen molar-refractivity contribution in [2.24, 2.45) is 0 Å². The number of aromatic amines is 1. The van der Waals surface area contributed by atoms with E-state index in [1.165, 1.54) is 0 Å². The molecule has 3 heterocycles. The molecular weight excluding hydrogens is 538 g/mol. The molecule has 0 saturated carbocycles. The lowest BCUT2D eigenvalue weighted by atomic mass is 9.93. The quantitative estimate of drug-likeness (QED) is 0.220. The van der Waals surface area contributed by atoms with Gasteiger partial charge in [0.2, 0.25) is 0 Å². The van der Waals surface area contributed by atoms with E-state index in [1.807, 2.05) is 51.1 Å². The largest absolute Gasteiger partial charge is 0.492 e. The highest BCUT2D eigenvalue weighted by molar-refractivity contribution is 6.09. The smallest absolute Gasteiger partial charge is 0.325 e. The van der Waals surface area contributed by atoms with Gasteiger partial charge in [-0.25, -0.2) is 4.79 Å². The van der Waals surface area contributed by atoms with Gasteiger partial charge in [0.05, 0.1) is 18.9 Å². The van der Waals surface area contributed by atoms with Gasteiger partial charge in [0, 0.05) is 42.2 Å². The molecule has 1 aliphatic heterocycles. The van der Waals surface area contributed by atoms with E-state index in [-0.39, 0.29) is 17.1 Å². The molecule has 42 heavy (non-hydrogen) atoms. The average molecular weight is 574 g/mol. The number of hydrogen-bond acceptors (Lipinski definition) is 8. The number of H-pyrrole nitrogens is 1. The number of carbonyl (C=O) groups is 2. The number of carbonyl (C=O) groups excluding carboxylic acids is 2. The number of rotatable bonds is 9. The molecule has 0 spiro atoms. The number of hydrogen-bond donors (Lipinski definition) is 4. The molecule has 2 aromatic heterocycles. The Morgan fingerprint density at radius 2 is 1.74 bits per heavy atom. The van der Waals surface area contributed by atoms with Crippen LogP contribution in [-0.2, 0) is 10.2 Å². The van der Waals surface area contributed by atoms with Crippen LogP contribution in [-0.4, -0.2) is 71.6 Å². The summed E-state index contributed by atoms with van der Waals surface area (Å²) < 4.78 is 16.6. The van der Waals surface area contributed by atoms with Crippen molar-refractivity contribution in [3.05, 3.63) is 72.0 Å². The number of anilines is 3. The Bertz CT molecular complexity index is 1490. The molecule has 4 aromatic rings. The lowest BCUT2D eigenvalue weighted by Crippen LogP contribution is -2.38. The Morgan fingerprint density at radius 1 is 1.00 bits per heavy atom. The molecule has 0 bridgehead atoms. The molecule has 3 amide bonds. The summed E-state index contributed by atoms with van der Waals surface area (Å²) >= 11 is 0. The minimum Gasteiger partial charge on any atom is -0.492 e. The zero-order chi connectivity index (χ0) is 29.5. The SMILES string of the molecule is CC(C)(C)c1cc(NC(=O)Nc2c(NC(=O)c3ccc(OCCN4CCOCC4)cc3)n[nH]c2-c2ccccc2)no1. The highest BCUT2D eigenvalue weighted by Gasteiger charge is 2.23. The molecule has 1 aliphatic rings. The molecule has 220 valence electrons. The fourth-order valence-corrected chi connectivity index (χ4v) is 4.32. The zero-order valence-electron chi connectivity index (χ0n) is 23.9. The van der Waals surface area contributed by atoms with Crippen LogP contribution in [0.5, 0.6) is 5.75 Å². The first-order valence-electron chi connectivity index (χ1n) is 13.8. The van der Waals surface area contributed by atoms with E-state index >= 15 is 0 Å². The van der Waals surface area contributed by atoms with E-state index in [0.29, 0.717) is 35.1 Å². The lowest BCUT2D eigenvalue weighted by molar-refractivity contribution is 0.0322. The summed E-state index contributed by atoms with van der Waals surface area (Å²) in [5.74, 6) is 1.34. The second-order valence-electron chi connectivity index (χ2n) is 10.9. The maximum Gasteiger partial charge on any atom is 0.325 e. The van der Waals surface area contributed by atoms with Crippen molar-refractivity contribution in [1.82, 2.24) is 20.3 Å². The maximum atomic E-state index is 13.1. The van der Waals surface area contributed by atoms with E-state index in [0.717, 1.165) is 38.4 Å². The lowest BCUT2D eigenvalue weighted by Gasteiger charge is -2.26. The number of nitrogens with one attached hydrogen (secondary N) is 4.